The topological polar surface area (TPSA) is 54.7 Å². The van der Waals surface area contributed by atoms with Crippen molar-refractivity contribution in [2.45, 2.75) is 25.4 Å². The minimum atomic E-state index is -0.0931. The van der Waals surface area contributed by atoms with Crippen molar-refractivity contribution in [1.82, 2.24) is 10.2 Å². The summed E-state index contributed by atoms with van der Waals surface area (Å²) in [6.07, 6.45) is 0.446. The number of hydrogen-bond donors (Lipinski definition) is 1. The van der Waals surface area contributed by atoms with Crippen LogP contribution in [0.1, 0.15) is 25.1 Å². The molecule has 2 aromatic rings. The Hall–Kier alpha value is -1.56. The molecule has 1 aliphatic rings. The van der Waals surface area contributed by atoms with Crippen molar-refractivity contribution in [3.63, 3.8) is 0 Å². The summed E-state index contributed by atoms with van der Waals surface area (Å²) in [5.74, 6) is 0.904. The van der Waals surface area contributed by atoms with Crippen molar-refractivity contribution in [2.24, 2.45) is 0 Å². The molecule has 1 aromatic carbocycles. The normalized spacial score (nSPS) is 19.1. The molecule has 0 bridgehead atoms. The first-order valence-corrected chi connectivity index (χ1v) is 7.70. The van der Waals surface area contributed by atoms with Gasteiger partial charge in [0, 0.05) is 31.4 Å². The lowest BCUT2D eigenvalue weighted by Gasteiger charge is -2.28. The smallest absolute Gasteiger partial charge is 0.224 e. The lowest BCUT2D eigenvalue weighted by atomic mass is 10.1. The maximum absolute atomic E-state index is 12.4. The number of amides is 1. The zero-order valence-corrected chi connectivity index (χ0v) is 14.3. The summed E-state index contributed by atoms with van der Waals surface area (Å²) < 4.78 is 11.3. The Balaban J connectivity index is 0.00000192. The van der Waals surface area contributed by atoms with E-state index in [1.165, 1.54) is 0 Å². The molecule has 1 N–H and O–H groups in total. The van der Waals surface area contributed by atoms with E-state index in [1.54, 1.807) is 4.90 Å². The lowest BCUT2D eigenvalue weighted by molar-refractivity contribution is -0.133. The highest BCUT2D eigenvalue weighted by atomic mass is 35.5. The van der Waals surface area contributed by atoms with Crippen molar-refractivity contribution >= 4 is 29.3 Å². The van der Waals surface area contributed by atoms with Crippen LogP contribution in [0.5, 0.6) is 0 Å². The van der Waals surface area contributed by atoms with Crippen LogP contribution in [0, 0.1) is 0 Å². The molecule has 0 aliphatic carbocycles. The number of hydrogen-bond acceptors (Lipinski definition) is 4. The van der Waals surface area contributed by atoms with E-state index in [9.17, 15) is 4.79 Å². The molecule has 6 heteroatoms. The van der Waals surface area contributed by atoms with E-state index >= 15 is 0 Å². The van der Waals surface area contributed by atoms with Gasteiger partial charge in [-0.1, -0.05) is 18.2 Å². The van der Waals surface area contributed by atoms with Crippen molar-refractivity contribution in [3.05, 3.63) is 36.1 Å². The van der Waals surface area contributed by atoms with E-state index in [2.05, 4.69) is 5.32 Å². The molecule has 2 atom stereocenters. The Bertz CT molecular complexity index is 619. The highest BCUT2D eigenvalue weighted by Gasteiger charge is 2.24. The van der Waals surface area contributed by atoms with Gasteiger partial charge in [-0.3, -0.25) is 4.79 Å². The van der Waals surface area contributed by atoms with E-state index in [0.717, 1.165) is 29.9 Å². The minimum absolute atomic E-state index is 0. The van der Waals surface area contributed by atoms with Gasteiger partial charge in [0.1, 0.15) is 11.3 Å². The van der Waals surface area contributed by atoms with E-state index in [1.807, 2.05) is 44.3 Å². The first kappa shape index (κ1) is 17.8. The van der Waals surface area contributed by atoms with Gasteiger partial charge in [0.2, 0.25) is 5.91 Å². The Morgan fingerprint density at radius 3 is 2.91 bits per heavy atom. The number of furan rings is 1. The average Bonchev–Trinajstić information content (AvgIpc) is 2.98. The Kier molecular flexibility index (Phi) is 6.04. The van der Waals surface area contributed by atoms with Crippen LogP contribution in [0.25, 0.3) is 11.0 Å². The summed E-state index contributed by atoms with van der Waals surface area (Å²) >= 11 is 0. The third kappa shape index (κ3) is 4.05. The van der Waals surface area contributed by atoms with Gasteiger partial charge in [-0.05, 0) is 19.1 Å². The molecule has 1 saturated heterocycles. The highest BCUT2D eigenvalue weighted by Crippen LogP contribution is 2.27. The predicted octanol–water partition coefficient (Wildman–Crippen LogP) is 2.75. The quantitative estimate of drug-likeness (QED) is 0.931. The van der Waals surface area contributed by atoms with Crippen LogP contribution in [0.4, 0.5) is 0 Å². The fourth-order valence-electron chi connectivity index (χ4n) is 2.72. The van der Waals surface area contributed by atoms with Crippen molar-refractivity contribution in [3.8, 4) is 0 Å². The molecule has 3 rings (SSSR count). The average molecular weight is 339 g/mol. The fourth-order valence-corrected chi connectivity index (χ4v) is 2.72. The highest BCUT2D eigenvalue weighted by molar-refractivity contribution is 5.85. The second kappa shape index (κ2) is 7.81. The molecule has 1 fully saturated rings. The maximum atomic E-state index is 12.4. The monoisotopic (exact) mass is 338 g/mol. The SMILES string of the molecule is CC(c1cc2ccccc2o1)N(C)C(=O)CC1COCCN1.Cl. The largest absolute Gasteiger partial charge is 0.459 e. The Morgan fingerprint density at radius 2 is 2.22 bits per heavy atom. The Morgan fingerprint density at radius 1 is 1.43 bits per heavy atom. The molecule has 5 nitrogen and oxygen atoms in total. The number of ether oxygens (including phenoxy) is 1. The third-order valence-electron chi connectivity index (χ3n) is 4.25. The number of nitrogens with zero attached hydrogens (tertiary/aromatic N) is 1. The summed E-state index contributed by atoms with van der Waals surface area (Å²) in [6, 6.07) is 9.90. The molecule has 2 unspecified atom stereocenters. The summed E-state index contributed by atoms with van der Waals surface area (Å²) in [5, 5.41) is 4.37. The molecule has 2 heterocycles. The Labute approximate surface area is 142 Å². The van der Waals surface area contributed by atoms with Crippen molar-refractivity contribution in [2.75, 3.05) is 26.8 Å². The molecular formula is C17H23ClN2O3. The van der Waals surface area contributed by atoms with Crippen LogP contribution in [-0.2, 0) is 9.53 Å². The number of morpholine rings is 1. The van der Waals surface area contributed by atoms with Crippen LogP contribution in [-0.4, -0.2) is 43.7 Å². The predicted molar refractivity (Wildman–Crippen MR) is 91.9 cm³/mol. The first-order chi connectivity index (χ1) is 10.6. The van der Waals surface area contributed by atoms with Crippen LogP contribution < -0.4 is 5.32 Å². The molecule has 23 heavy (non-hydrogen) atoms. The standard InChI is InChI=1S/C17H22N2O3.ClH/c1-12(16-9-13-5-3-4-6-15(13)22-16)19(2)17(20)10-14-11-21-8-7-18-14;/h3-6,9,12,14,18H,7-8,10-11H2,1-2H3;1H. The van der Waals surface area contributed by atoms with Crippen molar-refractivity contribution in [1.29, 1.82) is 0 Å². The molecular weight excluding hydrogens is 316 g/mol. The van der Waals surface area contributed by atoms with Crippen LogP contribution in [0.3, 0.4) is 0 Å². The maximum Gasteiger partial charge on any atom is 0.224 e. The molecule has 1 aliphatic heterocycles. The minimum Gasteiger partial charge on any atom is -0.459 e. The number of benzene rings is 1. The molecule has 0 saturated carbocycles. The molecule has 0 radical (unpaired) electrons. The fraction of sp³-hybridized carbons (Fsp3) is 0.471. The van der Waals surface area contributed by atoms with Crippen LogP contribution in [0.15, 0.2) is 34.7 Å². The van der Waals surface area contributed by atoms with Crippen LogP contribution >= 0.6 is 12.4 Å². The number of halogens is 1. The van der Waals surface area contributed by atoms with Crippen molar-refractivity contribution < 1.29 is 13.9 Å². The van der Waals surface area contributed by atoms with Crippen LogP contribution in [0.2, 0.25) is 0 Å². The zero-order valence-electron chi connectivity index (χ0n) is 13.5. The number of carbonyl (C=O) groups excluding carboxylic acids is 1. The van der Waals surface area contributed by atoms with E-state index in [-0.39, 0.29) is 30.4 Å². The molecule has 0 spiro atoms. The number of rotatable bonds is 4. The van der Waals surface area contributed by atoms with Gasteiger partial charge in [-0.2, -0.15) is 0 Å². The molecule has 1 amide bonds. The number of fused-ring (bicyclic) bond motifs is 1. The number of nitrogens with one attached hydrogen (secondary N) is 1. The number of carbonyl (C=O) groups is 1. The third-order valence-corrected chi connectivity index (χ3v) is 4.25. The first-order valence-electron chi connectivity index (χ1n) is 7.70. The van der Waals surface area contributed by atoms with E-state index < -0.39 is 0 Å². The molecule has 1 aromatic heterocycles. The second-order valence-electron chi connectivity index (χ2n) is 5.80. The summed E-state index contributed by atoms with van der Waals surface area (Å²) in [5.41, 5.74) is 0.854. The second-order valence-corrected chi connectivity index (χ2v) is 5.80. The van der Waals surface area contributed by atoms with E-state index in [4.69, 9.17) is 9.15 Å². The van der Waals surface area contributed by atoms with Gasteiger partial charge < -0.3 is 19.4 Å². The summed E-state index contributed by atoms with van der Waals surface area (Å²) in [4.78, 5) is 14.2. The van der Waals surface area contributed by atoms with Gasteiger partial charge in [-0.25, -0.2) is 0 Å². The summed E-state index contributed by atoms with van der Waals surface area (Å²) in [6.45, 7) is 4.11. The molecule has 126 valence electrons. The summed E-state index contributed by atoms with van der Waals surface area (Å²) in [7, 11) is 1.82. The zero-order chi connectivity index (χ0) is 15.5. The van der Waals surface area contributed by atoms with Gasteiger partial charge in [0.25, 0.3) is 0 Å². The van der Waals surface area contributed by atoms with Gasteiger partial charge in [-0.15, -0.1) is 12.4 Å². The van der Waals surface area contributed by atoms with E-state index in [0.29, 0.717) is 13.0 Å². The van der Waals surface area contributed by atoms with Gasteiger partial charge in [0.05, 0.1) is 19.3 Å². The number of para-hydroxylation sites is 1. The lowest BCUT2D eigenvalue weighted by Crippen LogP contribution is -2.44. The van der Waals surface area contributed by atoms with Gasteiger partial charge >= 0.3 is 0 Å². The van der Waals surface area contributed by atoms with Gasteiger partial charge in [0.15, 0.2) is 0 Å².